The molecule has 3 nitrogen and oxygen atoms in total. The van der Waals surface area contributed by atoms with Gasteiger partial charge < -0.3 is 9.64 Å². The molecule has 0 aromatic carbocycles. The molecule has 17 heavy (non-hydrogen) atoms. The van der Waals surface area contributed by atoms with Crippen molar-refractivity contribution < 1.29 is 9.53 Å². The van der Waals surface area contributed by atoms with Crippen LogP contribution in [0.3, 0.4) is 0 Å². The molecule has 0 heterocycles. The molecule has 0 bridgehead atoms. The van der Waals surface area contributed by atoms with Crippen molar-refractivity contribution in [3.8, 4) is 0 Å². The van der Waals surface area contributed by atoms with E-state index in [9.17, 15) is 4.79 Å². The summed E-state index contributed by atoms with van der Waals surface area (Å²) in [6.45, 7) is 1.92. The third kappa shape index (κ3) is 2.85. The first-order valence-corrected chi connectivity index (χ1v) is 6.55. The second kappa shape index (κ2) is 5.29. The van der Waals surface area contributed by atoms with Crippen LogP contribution in [-0.2, 0) is 9.53 Å². The van der Waals surface area contributed by atoms with Crippen molar-refractivity contribution in [2.75, 3.05) is 21.2 Å². The Morgan fingerprint density at radius 3 is 2.41 bits per heavy atom. The van der Waals surface area contributed by atoms with E-state index in [0.29, 0.717) is 11.4 Å². The third-order valence-corrected chi connectivity index (χ3v) is 4.99. The van der Waals surface area contributed by atoms with Crippen LogP contribution in [0.2, 0.25) is 0 Å². The van der Waals surface area contributed by atoms with Crippen LogP contribution in [-0.4, -0.2) is 41.4 Å². The summed E-state index contributed by atoms with van der Waals surface area (Å²) < 4.78 is 3.87. The Balaban J connectivity index is 3.04. The number of thiocarbonyl (C=S) groups is 1. The minimum atomic E-state index is -0.927. The highest BCUT2D eigenvalue weighted by Crippen LogP contribution is 2.51. The largest absolute Gasteiger partial charge is 0.469 e. The Morgan fingerprint density at radius 2 is 2.00 bits per heavy atom. The van der Waals surface area contributed by atoms with Crippen molar-refractivity contribution in [3.05, 3.63) is 0 Å². The average Bonchev–Trinajstić information content (AvgIpc) is 2.48. The quantitative estimate of drug-likeness (QED) is 0.445. The molecular formula is C11H17Cl2NO2S. The maximum Gasteiger partial charge on any atom is 0.309 e. The highest BCUT2D eigenvalue weighted by Gasteiger charge is 2.54. The highest BCUT2D eigenvalue weighted by atomic mass is 35.5. The molecule has 1 saturated carbocycles. The minimum Gasteiger partial charge on any atom is -0.469 e. The van der Waals surface area contributed by atoms with Gasteiger partial charge in [0.1, 0.15) is 4.33 Å². The van der Waals surface area contributed by atoms with Gasteiger partial charge in [-0.3, -0.25) is 4.79 Å². The van der Waals surface area contributed by atoms with Gasteiger partial charge in [0.05, 0.1) is 18.0 Å². The number of ether oxygens (including phenoxy) is 1. The fraction of sp³-hybridized carbons (Fsp3) is 0.818. The summed E-state index contributed by atoms with van der Waals surface area (Å²) in [7, 11) is 5.07. The molecule has 0 unspecified atom stereocenters. The standard InChI is InChI=1S/C11H17Cl2NO2S/c1-6-8(9(17)14(2)3)7(10(15)16-4)5-11(6,12)13/h6-8H,5H2,1-4H3/t6-,7+,8-/m0/s1. The number of halogens is 2. The van der Waals surface area contributed by atoms with Gasteiger partial charge in [-0.1, -0.05) is 19.1 Å². The maximum atomic E-state index is 11.8. The molecule has 0 aromatic heterocycles. The van der Waals surface area contributed by atoms with E-state index < -0.39 is 4.33 Å². The van der Waals surface area contributed by atoms with Crippen LogP contribution in [0, 0.1) is 17.8 Å². The van der Waals surface area contributed by atoms with Gasteiger partial charge in [0.2, 0.25) is 0 Å². The first kappa shape index (κ1) is 15.0. The molecule has 1 aliphatic carbocycles. The van der Waals surface area contributed by atoms with E-state index in [2.05, 4.69) is 0 Å². The molecule has 0 aliphatic heterocycles. The summed E-state index contributed by atoms with van der Waals surface area (Å²) >= 11 is 17.8. The topological polar surface area (TPSA) is 29.5 Å². The first-order chi connectivity index (χ1) is 7.72. The zero-order valence-corrected chi connectivity index (χ0v) is 12.7. The molecule has 0 aromatic rings. The summed E-state index contributed by atoms with van der Waals surface area (Å²) in [5.74, 6) is -0.888. The number of methoxy groups -OCH3 is 1. The van der Waals surface area contributed by atoms with E-state index in [-0.39, 0.29) is 23.7 Å². The lowest BCUT2D eigenvalue weighted by atomic mass is 9.90. The lowest BCUT2D eigenvalue weighted by Gasteiger charge is -2.28. The Hall–Kier alpha value is -0.0600. The molecule has 1 aliphatic rings. The number of esters is 1. The van der Waals surface area contributed by atoms with Crippen LogP contribution in [0.15, 0.2) is 0 Å². The number of nitrogens with zero attached hydrogens (tertiary/aromatic N) is 1. The minimum absolute atomic E-state index is 0.0789. The molecule has 0 radical (unpaired) electrons. The summed E-state index contributed by atoms with van der Waals surface area (Å²) in [5, 5.41) is 0. The van der Waals surface area contributed by atoms with Gasteiger partial charge in [0.25, 0.3) is 0 Å². The zero-order valence-electron chi connectivity index (χ0n) is 10.4. The van der Waals surface area contributed by atoms with Crippen molar-refractivity contribution >= 4 is 46.4 Å². The Bertz CT molecular complexity index is 333. The van der Waals surface area contributed by atoms with E-state index in [4.69, 9.17) is 40.2 Å². The van der Waals surface area contributed by atoms with Gasteiger partial charge in [-0.05, 0) is 12.3 Å². The van der Waals surface area contributed by atoms with Gasteiger partial charge in [0, 0.05) is 20.0 Å². The van der Waals surface area contributed by atoms with E-state index in [1.165, 1.54) is 7.11 Å². The highest BCUT2D eigenvalue weighted by molar-refractivity contribution is 7.80. The van der Waals surface area contributed by atoms with Crippen LogP contribution in [0.4, 0.5) is 0 Å². The lowest BCUT2D eigenvalue weighted by Crippen LogP contribution is -2.37. The van der Waals surface area contributed by atoms with Crippen LogP contribution in [0.5, 0.6) is 0 Å². The monoisotopic (exact) mass is 297 g/mol. The molecule has 98 valence electrons. The second-order valence-electron chi connectivity index (χ2n) is 4.64. The van der Waals surface area contributed by atoms with Crippen LogP contribution in [0.25, 0.3) is 0 Å². The predicted molar refractivity (Wildman–Crippen MR) is 73.5 cm³/mol. The third-order valence-electron chi connectivity index (χ3n) is 3.36. The smallest absolute Gasteiger partial charge is 0.309 e. The number of hydrogen-bond donors (Lipinski definition) is 0. The number of alkyl halides is 2. The maximum absolute atomic E-state index is 11.8. The van der Waals surface area contributed by atoms with E-state index >= 15 is 0 Å². The fourth-order valence-corrected chi connectivity index (χ4v) is 3.25. The van der Waals surface area contributed by atoms with Gasteiger partial charge >= 0.3 is 5.97 Å². The summed E-state index contributed by atoms with van der Waals surface area (Å²) in [6, 6.07) is 0. The summed E-state index contributed by atoms with van der Waals surface area (Å²) in [5.41, 5.74) is 0. The zero-order chi connectivity index (χ0) is 13.4. The van der Waals surface area contributed by atoms with Crippen LogP contribution in [0.1, 0.15) is 13.3 Å². The molecule has 0 amide bonds. The van der Waals surface area contributed by atoms with E-state index in [1.54, 1.807) is 0 Å². The Morgan fingerprint density at radius 1 is 1.47 bits per heavy atom. The van der Waals surface area contributed by atoms with Gasteiger partial charge in [-0.2, -0.15) is 0 Å². The molecule has 0 saturated heterocycles. The predicted octanol–water partition coefficient (Wildman–Crippen LogP) is 2.49. The molecule has 1 rings (SSSR count). The van der Waals surface area contributed by atoms with E-state index in [1.807, 2.05) is 25.9 Å². The first-order valence-electron chi connectivity index (χ1n) is 5.39. The normalized spacial score (nSPS) is 31.1. The van der Waals surface area contributed by atoms with Gasteiger partial charge in [-0.25, -0.2) is 0 Å². The molecule has 0 spiro atoms. The number of rotatable bonds is 2. The SMILES string of the molecule is COC(=O)[C@@H]1CC(Cl)(Cl)[C@@H](C)[C@@H]1C(=S)N(C)C. The molecule has 1 fully saturated rings. The summed E-state index contributed by atoms with van der Waals surface area (Å²) in [4.78, 5) is 14.3. The Labute approximate surface area is 117 Å². The van der Waals surface area contributed by atoms with Crippen molar-refractivity contribution in [3.63, 3.8) is 0 Å². The van der Waals surface area contributed by atoms with Crippen LogP contribution >= 0.6 is 35.4 Å². The number of carbonyl (C=O) groups excluding carboxylic acids is 1. The number of hydrogen-bond acceptors (Lipinski definition) is 3. The van der Waals surface area contributed by atoms with Gasteiger partial charge in [0.15, 0.2) is 0 Å². The fourth-order valence-electron chi connectivity index (χ4n) is 2.28. The lowest BCUT2D eigenvalue weighted by molar-refractivity contribution is -0.146. The van der Waals surface area contributed by atoms with Crippen LogP contribution < -0.4 is 0 Å². The summed E-state index contributed by atoms with van der Waals surface area (Å²) in [6.07, 6.45) is 0.378. The second-order valence-corrected chi connectivity index (χ2v) is 6.60. The molecule has 0 N–H and O–H groups in total. The van der Waals surface area contributed by atoms with E-state index in [0.717, 1.165) is 0 Å². The van der Waals surface area contributed by atoms with Crippen molar-refractivity contribution in [1.82, 2.24) is 4.90 Å². The van der Waals surface area contributed by atoms with Crippen molar-refractivity contribution in [1.29, 1.82) is 0 Å². The molecule has 3 atom stereocenters. The number of carbonyl (C=O) groups is 1. The Kier molecular flexibility index (Phi) is 4.67. The average molecular weight is 298 g/mol. The molecular weight excluding hydrogens is 281 g/mol. The molecule has 6 heteroatoms. The van der Waals surface area contributed by atoms with Crippen molar-refractivity contribution in [2.24, 2.45) is 17.8 Å². The van der Waals surface area contributed by atoms with Crippen molar-refractivity contribution in [2.45, 2.75) is 17.7 Å². The van der Waals surface area contributed by atoms with Gasteiger partial charge in [-0.15, -0.1) is 23.2 Å².